The van der Waals surface area contributed by atoms with E-state index in [-0.39, 0.29) is 22.9 Å². The summed E-state index contributed by atoms with van der Waals surface area (Å²) in [7, 11) is 0. The van der Waals surface area contributed by atoms with Gasteiger partial charge < -0.3 is 4.90 Å². The van der Waals surface area contributed by atoms with Crippen molar-refractivity contribution < 1.29 is 4.92 Å². The lowest BCUT2D eigenvalue weighted by Crippen LogP contribution is -2.58. The van der Waals surface area contributed by atoms with E-state index in [0.29, 0.717) is 0 Å². The van der Waals surface area contributed by atoms with Crippen molar-refractivity contribution in [3.63, 3.8) is 0 Å². The van der Waals surface area contributed by atoms with Crippen LogP contribution in [0.2, 0.25) is 0 Å². The van der Waals surface area contributed by atoms with Crippen molar-refractivity contribution in [3.05, 3.63) is 70.3 Å². The Hall–Kier alpha value is -2.77. The topological polar surface area (TPSA) is 65.2 Å². The molecule has 2 fully saturated rings. The van der Waals surface area contributed by atoms with Crippen LogP contribution in [0.1, 0.15) is 44.1 Å². The normalized spacial score (nSPS) is 25.0. The summed E-state index contributed by atoms with van der Waals surface area (Å²) in [6, 6.07) is 17.3. The van der Waals surface area contributed by atoms with Crippen LogP contribution in [-0.2, 0) is 0 Å². The number of rotatable bonds is 5. The minimum atomic E-state index is -0.335. The van der Waals surface area contributed by atoms with Gasteiger partial charge >= 0.3 is 0 Å². The smallest absolute Gasteiger partial charge is 0.269 e. The molecule has 5 rings (SSSR count). The Morgan fingerprint density at radius 1 is 0.781 bits per heavy atom. The van der Waals surface area contributed by atoms with Gasteiger partial charge in [0.05, 0.1) is 4.92 Å². The molecule has 7 heteroatoms. The Labute approximate surface area is 189 Å². The maximum atomic E-state index is 11.2. The van der Waals surface area contributed by atoms with E-state index in [1.807, 2.05) is 18.2 Å². The molecule has 168 valence electrons. The molecule has 32 heavy (non-hydrogen) atoms. The van der Waals surface area contributed by atoms with Crippen molar-refractivity contribution in [2.75, 3.05) is 31.1 Å². The number of nitrogens with zero attached hydrogens (tertiary/aromatic N) is 5. The predicted octanol–water partition coefficient (Wildman–Crippen LogP) is 4.49. The summed E-state index contributed by atoms with van der Waals surface area (Å²) in [5.41, 5.74) is 2.17. The van der Waals surface area contributed by atoms with Crippen LogP contribution < -0.4 is 4.90 Å². The lowest BCUT2D eigenvalue weighted by molar-refractivity contribution is -0.384. The van der Waals surface area contributed by atoms with E-state index in [1.54, 1.807) is 12.1 Å². The number of nitro benzene ring substituents is 1. The van der Waals surface area contributed by atoms with Gasteiger partial charge in [-0.05, 0) is 37.8 Å². The minimum Gasteiger partial charge on any atom is -0.306 e. The predicted molar refractivity (Wildman–Crippen MR) is 127 cm³/mol. The van der Waals surface area contributed by atoms with Crippen LogP contribution in [0, 0.1) is 10.1 Å². The summed E-state index contributed by atoms with van der Waals surface area (Å²) in [5.74, 6) is 0.964. The third kappa shape index (κ3) is 4.14. The molecule has 0 spiro atoms. The van der Waals surface area contributed by atoms with Crippen LogP contribution in [0.3, 0.4) is 0 Å². The summed E-state index contributed by atoms with van der Waals surface area (Å²) >= 11 is 0. The first kappa shape index (κ1) is 21.1. The molecule has 0 bridgehead atoms. The van der Waals surface area contributed by atoms with Gasteiger partial charge in [-0.15, -0.1) is 0 Å². The molecule has 2 aromatic rings. The number of hydrogen-bond donors (Lipinski definition) is 0. The molecule has 2 aromatic carbocycles. The van der Waals surface area contributed by atoms with Crippen LogP contribution in [0.15, 0.2) is 59.6 Å². The van der Waals surface area contributed by atoms with E-state index < -0.39 is 0 Å². The number of non-ortho nitro benzene ring substituents is 1. The van der Waals surface area contributed by atoms with E-state index in [9.17, 15) is 10.1 Å². The van der Waals surface area contributed by atoms with Crippen LogP contribution in [0.4, 0.5) is 11.4 Å². The van der Waals surface area contributed by atoms with Gasteiger partial charge in [-0.2, -0.15) is 0 Å². The lowest BCUT2D eigenvalue weighted by atomic mass is 10.1. The quantitative estimate of drug-likeness (QED) is 0.514. The molecule has 0 amide bonds. The third-order valence-electron chi connectivity index (χ3n) is 6.91. The molecule has 3 aliphatic rings. The van der Waals surface area contributed by atoms with E-state index in [4.69, 9.17) is 4.99 Å². The Morgan fingerprint density at radius 3 is 1.97 bits per heavy atom. The molecule has 0 unspecified atom stereocenters. The van der Waals surface area contributed by atoms with Gasteiger partial charge in [-0.25, -0.2) is 4.99 Å². The highest BCUT2D eigenvalue weighted by Gasteiger charge is 2.44. The lowest BCUT2D eigenvalue weighted by Gasteiger charge is -2.44. The van der Waals surface area contributed by atoms with Gasteiger partial charge in [0.25, 0.3) is 5.69 Å². The van der Waals surface area contributed by atoms with Gasteiger partial charge in [0.15, 0.2) is 0 Å². The molecular weight excluding hydrogens is 402 g/mol. The standard InChI is InChI=1S/C25H31N5O2/c31-30(32)22-14-12-21(13-15-22)29-23(20-10-4-1-5-11-20)26-24(27-16-6-2-7-17-27)25(29)28-18-8-3-9-19-28/h1,4-5,10-15,24-25H,2-3,6-9,16-19H2/t24-,25+/m1/s1. The number of benzene rings is 2. The summed E-state index contributed by atoms with van der Waals surface area (Å²) in [6.07, 6.45) is 7.59. The highest BCUT2D eigenvalue weighted by molar-refractivity contribution is 6.11. The van der Waals surface area contributed by atoms with Crippen molar-refractivity contribution in [3.8, 4) is 0 Å². The maximum Gasteiger partial charge on any atom is 0.269 e. The van der Waals surface area contributed by atoms with Crippen LogP contribution in [0.5, 0.6) is 0 Å². The maximum absolute atomic E-state index is 11.2. The summed E-state index contributed by atoms with van der Waals surface area (Å²) in [6.45, 7) is 4.29. The highest BCUT2D eigenvalue weighted by atomic mass is 16.6. The molecule has 0 radical (unpaired) electrons. The summed E-state index contributed by atoms with van der Waals surface area (Å²) < 4.78 is 0. The van der Waals surface area contributed by atoms with Crippen molar-refractivity contribution in [2.45, 2.75) is 50.9 Å². The zero-order chi connectivity index (χ0) is 21.9. The Kier molecular flexibility index (Phi) is 6.19. The van der Waals surface area contributed by atoms with Gasteiger partial charge in [-0.1, -0.05) is 43.2 Å². The molecule has 2 atom stereocenters. The molecule has 3 aliphatic heterocycles. The fraction of sp³-hybridized carbons (Fsp3) is 0.480. The number of piperidine rings is 2. The molecule has 2 saturated heterocycles. The van der Waals surface area contributed by atoms with Crippen LogP contribution in [0.25, 0.3) is 0 Å². The van der Waals surface area contributed by atoms with E-state index >= 15 is 0 Å². The second-order valence-corrected chi connectivity index (χ2v) is 8.98. The SMILES string of the molecule is O=[N+]([O-])c1ccc(N2C(c3ccccc3)=N[C@H](N3CCCCC3)[C@H]2N2CCCCC2)cc1. The fourth-order valence-electron chi connectivity index (χ4n) is 5.31. The molecule has 0 saturated carbocycles. The van der Waals surface area contributed by atoms with Gasteiger partial charge in [0.2, 0.25) is 0 Å². The Bertz CT molecular complexity index is 950. The Morgan fingerprint density at radius 2 is 1.38 bits per heavy atom. The Balaban J connectivity index is 1.59. The van der Waals surface area contributed by atoms with Crippen molar-refractivity contribution in [1.29, 1.82) is 0 Å². The van der Waals surface area contributed by atoms with Gasteiger partial charge in [0.1, 0.15) is 18.2 Å². The number of hydrogen-bond acceptors (Lipinski definition) is 6. The number of aliphatic imine (C=N–C) groups is 1. The number of likely N-dealkylation sites (tertiary alicyclic amines) is 2. The average Bonchev–Trinajstić information content (AvgIpc) is 3.26. The van der Waals surface area contributed by atoms with E-state index in [0.717, 1.165) is 43.3 Å². The second kappa shape index (κ2) is 9.38. The monoisotopic (exact) mass is 433 g/mol. The zero-order valence-corrected chi connectivity index (χ0v) is 18.5. The third-order valence-corrected chi connectivity index (χ3v) is 6.91. The first-order chi connectivity index (χ1) is 15.7. The highest BCUT2D eigenvalue weighted by Crippen LogP contribution is 2.35. The van der Waals surface area contributed by atoms with Gasteiger partial charge in [-0.3, -0.25) is 19.9 Å². The van der Waals surface area contributed by atoms with Crippen molar-refractivity contribution in [1.82, 2.24) is 9.80 Å². The molecular formula is C25H31N5O2. The number of anilines is 1. The minimum absolute atomic E-state index is 0.0683. The second-order valence-electron chi connectivity index (χ2n) is 8.98. The summed E-state index contributed by atoms with van der Waals surface area (Å²) in [4.78, 5) is 23.7. The largest absolute Gasteiger partial charge is 0.306 e. The van der Waals surface area contributed by atoms with Crippen LogP contribution in [-0.4, -0.2) is 59.1 Å². The average molecular weight is 434 g/mol. The zero-order valence-electron chi connectivity index (χ0n) is 18.5. The molecule has 3 heterocycles. The van der Waals surface area contributed by atoms with Crippen molar-refractivity contribution in [2.24, 2.45) is 4.99 Å². The number of nitro groups is 1. The fourth-order valence-corrected chi connectivity index (χ4v) is 5.31. The molecule has 0 aromatic heterocycles. The van der Waals surface area contributed by atoms with Crippen molar-refractivity contribution >= 4 is 17.2 Å². The molecule has 0 N–H and O–H groups in total. The number of amidine groups is 1. The van der Waals surface area contributed by atoms with Gasteiger partial charge in [0, 0.05) is 49.6 Å². The van der Waals surface area contributed by atoms with Crippen LogP contribution >= 0.6 is 0 Å². The summed E-state index contributed by atoms with van der Waals surface area (Å²) in [5, 5.41) is 11.2. The first-order valence-corrected chi connectivity index (χ1v) is 11.9. The first-order valence-electron chi connectivity index (χ1n) is 11.9. The van der Waals surface area contributed by atoms with E-state index in [1.165, 1.54) is 38.5 Å². The molecule has 0 aliphatic carbocycles. The molecule has 7 nitrogen and oxygen atoms in total. The van der Waals surface area contributed by atoms with E-state index in [2.05, 4.69) is 39.0 Å².